The minimum absolute atomic E-state index is 1.17. The number of benzene rings is 1. The fourth-order valence-electron chi connectivity index (χ4n) is 0.589. The molecule has 0 atom stereocenters. The maximum absolute atomic E-state index is 3.86. The SMILES string of the molecule is C=Cc1ccccc1.[Si]O[Si]. The Morgan fingerprint density at radius 1 is 1.18 bits per heavy atom. The summed E-state index contributed by atoms with van der Waals surface area (Å²) in [5.74, 6) is 0. The van der Waals surface area contributed by atoms with Gasteiger partial charge >= 0.3 is 0 Å². The molecular formula is C8H8OSi2. The van der Waals surface area contributed by atoms with Gasteiger partial charge in [-0.15, -0.1) is 0 Å². The van der Waals surface area contributed by atoms with Gasteiger partial charge in [-0.05, 0) is 5.56 Å². The highest BCUT2D eigenvalue weighted by molar-refractivity contribution is 6.15. The van der Waals surface area contributed by atoms with E-state index in [2.05, 4.69) is 31.7 Å². The lowest BCUT2D eigenvalue weighted by Crippen LogP contribution is -1.65. The quantitative estimate of drug-likeness (QED) is 0.589. The standard InChI is InChI=1S/C8H8.OSi2/c1-2-8-6-4-3-5-7-8;2-1-3/h2-7H,1H2;. The number of hydrogen-bond donors (Lipinski definition) is 0. The highest BCUT2D eigenvalue weighted by atomic mass is 28.3. The van der Waals surface area contributed by atoms with Crippen LogP contribution in [0.2, 0.25) is 0 Å². The van der Waals surface area contributed by atoms with Crippen LogP contribution in [0.15, 0.2) is 36.9 Å². The smallest absolute Gasteiger partial charge is 0.229 e. The van der Waals surface area contributed by atoms with Crippen LogP contribution in [0.1, 0.15) is 5.56 Å². The Morgan fingerprint density at radius 2 is 1.64 bits per heavy atom. The third-order valence-electron chi connectivity index (χ3n) is 1.04. The van der Waals surface area contributed by atoms with Gasteiger partial charge in [0.1, 0.15) is 0 Å². The second-order valence-electron chi connectivity index (χ2n) is 1.72. The molecule has 0 N–H and O–H groups in total. The summed E-state index contributed by atoms with van der Waals surface area (Å²) in [6.07, 6.45) is 1.83. The molecule has 1 aromatic rings. The van der Waals surface area contributed by atoms with E-state index in [1.165, 1.54) is 5.56 Å². The molecule has 0 aliphatic rings. The van der Waals surface area contributed by atoms with Crippen molar-refractivity contribution in [2.24, 2.45) is 0 Å². The van der Waals surface area contributed by atoms with Gasteiger partial charge in [0.15, 0.2) is 0 Å². The molecule has 0 saturated carbocycles. The molecule has 0 spiro atoms. The van der Waals surface area contributed by atoms with Crippen molar-refractivity contribution in [1.82, 2.24) is 0 Å². The average Bonchev–Trinajstić information content (AvgIpc) is 2.08. The van der Waals surface area contributed by atoms with Gasteiger partial charge < -0.3 is 4.12 Å². The van der Waals surface area contributed by atoms with E-state index >= 15 is 0 Å². The zero-order valence-corrected chi connectivity index (χ0v) is 8.08. The number of hydrogen-bond acceptors (Lipinski definition) is 1. The fraction of sp³-hybridized carbons (Fsp3) is 0. The zero-order chi connectivity index (χ0) is 8.53. The van der Waals surface area contributed by atoms with Crippen molar-refractivity contribution < 1.29 is 4.12 Å². The van der Waals surface area contributed by atoms with Crippen molar-refractivity contribution >= 4 is 27.0 Å². The molecule has 0 heterocycles. The van der Waals surface area contributed by atoms with Crippen molar-refractivity contribution in [1.29, 1.82) is 0 Å². The van der Waals surface area contributed by atoms with Crippen molar-refractivity contribution in [3.8, 4) is 0 Å². The lowest BCUT2D eigenvalue weighted by Gasteiger charge is -1.85. The van der Waals surface area contributed by atoms with Crippen LogP contribution < -0.4 is 0 Å². The summed E-state index contributed by atoms with van der Waals surface area (Å²) in [7, 11) is 5.19. The first-order valence-electron chi connectivity index (χ1n) is 3.02. The molecule has 0 aromatic heterocycles. The van der Waals surface area contributed by atoms with E-state index in [0.717, 1.165) is 0 Å². The molecule has 0 amide bonds. The molecule has 0 saturated heterocycles. The molecule has 0 fully saturated rings. The third kappa shape index (κ3) is 5.78. The summed E-state index contributed by atoms with van der Waals surface area (Å²) >= 11 is 0. The second kappa shape index (κ2) is 7.46. The van der Waals surface area contributed by atoms with Crippen LogP contribution in [0.25, 0.3) is 6.08 Å². The summed E-state index contributed by atoms with van der Waals surface area (Å²) in [6, 6.07) is 10.0. The van der Waals surface area contributed by atoms with Crippen LogP contribution in [0.4, 0.5) is 0 Å². The fourth-order valence-corrected chi connectivity index (χ4v) is 0.589. The molecule has 0 bridgehead atoms. The Balaban J connectivity index is 0.000000292. The van der Waals surface area contributed by atoms with E-state index < -0.39 is 0 Å². The van der Waals surface area contributed by atoms with Gasteiger partial charge in [0.2, 0.25) is 21.0 Å². The van der Waals surface area contributed by atoms with Crippen molar-refractivity contribution in [2.75, 3.05) is 0 Å². The zero-order valence-electron chi connectivity index (χ0n) is 6.08. The van der Waals surface area contributed by atoms with Crippen molar-refractivity contribution in [3.05, 3.63) is 42.5 Å². The monoisotopic (exact) mass is 176 g/mol. The Labute approximate surface area is 74.2 Å². The molecule has 3 heteroatoms. The lowest BCUT2D eigenvalue weighted by molar-refractivity contribution is 0.690. The summed E-state index contributed by atoms with van der Waals surface area (Å²) in [5.41, 5.74) is 1.17. The molecule has 0 aliphatic heterocycles. The first kappa shape index (κ1) is 10.4. The predicted octanol–water partition coefficient (Wildman–Crippen LogP) is 1.50. The van der Waals surface area contributed by atoms with Gasteiger partial charge in [-0.25, -0.2) is 0 Å². The number of rotatable bonds is 1. The van der Waals surface area contributed by atoms with Crippen LogP contribution in [0.3, 0.4) is 0 Å². The Kier molecular flexibility index (Phi) is 7.02. The summed E-state index contributed by atoms with van der Waals surface area (Å²) in [5, 5.41) is 0. The van der Waals surface area contributed by atoms with Crippen LogP contribution in [-0.2, 0) is 4.12 Å². The average molecular weight is 176 g/mol. The van der Waals surface area contributed by atoms with Crippen LogP contribution in [-0.4, -0.2) is 21.0 Å². The van der Waals surface area contributed by atoms with Crippen LogP contribution in [0.5, 0.6) is 0 Å². The van der Waals surface area contributed by atoms with Crippen LogP contribution >= 0.6 is 0 Å². The van der Waals surface area contributed by atoms with Crippen molar-refractivity contribution in [3.63, 3.8) is 0 Å². The van der Waals surface area contributed by atoms with Gasteiger partial charge in [-0.1, -0.05) is 43.0 Å². The van der Waals surface area contributed by atoms with Gasteiger partial charge in [0.25, 0.3) is 0 Å². The Morgan fingerprint density at radius 3 is 1.91 bits per heavy atom. The normalized spacial score (nSPS) is 7.82. The second-order valence-corrected chi connectivity index (χ2v) is 2.53. The molecule has 1 rings (SSSR count). The summed E-state index contributed by atoms with van der Waals surface area (Å²) < 4.78 is 3.86. The van der Waals surface area contributed by atoms with E-state index in [4.69, 9.17) is 0 Å². The Hall–Kier alpha value is -0.646. The summed E-state index contributed by atoms with van der Waals surface area (Å²) in [4.78, 5) is 0. The molecule has 11 heavy (non-hydrogen) atoms. The van der Waals surface area contributed by atoms with Gasteiger partial charge in [0, 0.05) is 0 Å². The first-order chi connectivity index (χ1) is 5.35. The topological polar surface area (TPSA) is 9.23 Å². The maximum atomic E-state index is 3.86. The van der Waals surface area contributed by atoms with E-state index in [0.29, 0.717) is 0 Å². The highest BCUT2D eigenvalue weighted by Crippen LogP contribution is 1.97. The van der Waals surface area contributed by atoms with Gasteiger partial charge in [-0.3, -0.25) is 0 Å². The van der Waals surface area contributed by atoms with E-state index in [9.17, 15) is 0 Å². The molecule has 54 valence electrons. The van der Waals surface area contributed by atoms with E-state index in [-0.39, 0.29) is 0 Å². The molecule has 6 radical (unpaired) electrons. The van der Waals surface area contributed by atoms with Crippen LogP contribution in [0, 0.1) is 0 Å². The van der Waals surface area contributed by atoms with E-state index in [1.54, 1.807) is 0 Å². The molecule has 0 unspecified atom stereocenters. The first-order valence-corrected chi connectivity index (χ1v) is 3.83. The molecule has 1 nitrogen and oxygen atoms in total. The van der Waals surface area contributed by atoms with E-state index in [1.807, 2.05) is 36.4 Å². The lowest BCUT2D eigenvalue weighted by atomic mass is 10.2. The minimum Gasteiger partial charge on any atom is -0.458 e. The molecular weight excluding hydrogens is 168 g/mol. The third-order valence-corrected chi connectivity index (χ3v) is 1.04. The minimum atomic E-state index is 1.17. The highest BCUT2D eigenvalue weighted by Gasteiger charge is 1.75. The maximum Gasteiger partial charge on any atom is 0.229 e. The molecule has 1 aromatic carbocycles. The molecule has 0 aliphatic carbocycles. The van der Waals surface area contributed by atoms with Gasteiger partial charge in [0.05, 0.1) is 0 Å². The van der Waals surface area contributed by atoms with Crippen molar-refractivity contribution in [2.45, 2.75) is 0 Å². The van der Waals surface area contributed by atoms with Gasteiger partial charge in [-0.2, -0.15) is 0 Å². The largest absolute Gasteiger partial charge is 0.458 e. The Bertz CT molecular complexity index is 187. The predicted molar refractivity (Wildman–Crippen MR) is 49.1 cm³/mol. The summed E-state index contributed by atoms with van der Waals surface area (Å²) in [6.45, 7) is 3.63.